The predicted octanol–water partition coefficient (Wildman–Crippen LogP) is 1.72. The van der Waals surface area contributed by atoms with Crippen LogP contribution in [0, 0.1) is 0 Å². The summed E-state index contributed by atoms with van der Waals surface area (Å²) in [5.41, 5.74) is 0.562. The second kappa shape index (κ2) is 5.36. The lowest BCUT2D eigenvalue weighted by molar-refractivity contribution is -0.137. The maximum Gasteiger partial charge on any atom is 0.305 e. The molecule has 1 aliphatic heterocycles. The van der Waals surface area contributed by atoms with E-state index in [0.717, 1.165) is 0 Å². The first kappa shape index (κ1) is 13.5. The second-order valence-electron chi connectivity index (χ2n) is 4.09. The first-order valence-electron chi connectivity index (χ1n) is 5.55. The summed E-state index contributed by atoms with van der Waals surface area (Å²) in [5, 5.41) is 11.8. The van der Waals surface area contributed by atoms with Crippen molar-refractivity contribution in [2.24, 2.45) is 0 Å². The molecule has 2 N–H and O–H groups in total. The van der Waals surface area contributed by atoms with Crippen LogP contribution in [-0.2, 0) is 9.59 Å². The summed E-state index contributed by atoms with van der Waals surface area (Å²) in [6.45, 7) is 1.39. The quantitative estimate of drug-likeness (QED) is 0.880. The van der Waals surface area contributed by atoms with E-state index in [2.05, 4.69) is 5.32 Å². The minimum Gasteiger partial charge on any atom is -0.481 e. The van der Waals surface area contributed by atoms with Gasteiger partial charge in [0, 0.05) is 6.92 Å². The highest BCUT2D eigenvalue weighted by Gasteiger charge is 2.23. The van der Waals surface area contributed by atoms with E-state index < -0.39 is 12.0 Å². The molecular weight excluding hydrogens is 274 g/mol. The molecule has 0 aliphatic carbocycles. The van der Waals surface area contributed by atoms with E-state index in [1.54, 1.807) is 12.1 Å². The van der Waals surface area contributed by atoms with Crippen molar-refractivity contribution in [2.75, 3.05) is 6.79 Å². The number of fused-ring (bicyclic) bond motifs is 1. The molecular formula is C12H12ClNO5. The second-order valence-corrected chi connectivity index (χ2v) is 4.49. The molecule has 2 rings (SSSR count). The Morgan fingerprint density at radius 3 is 2.84 bits per heavy atom. The molecule has 1 aliphatic rings. The van der Waals surface area contributed by atoms with Crippen LogP contribution in [0.25, 0.3) is 0 Å². The van der Waals surface area contributed by atoms with Crippen LogP contribution < -0.4 is 14.8 Å². The number of carboxylic acids is 1. The number of ether oxygens (including phenoxy) is 2. The van der Waals surface area contributed by atoms with E-state index >= 15 is 0 Å². The van der Waals surface area contributed by atoms with E-state index in [0.29, 0.717) is 22.1 Å². The Kier molecular flexibility index (Phi) is 3.80. The molecule has 0 spiro atoms. The normalized spacial score (nSPS) is 14.0. The van der Waals surface area contributed by atoms with Gasteiger partial charge in [0.2, 0.25) is 12.7 Å². The van der Waals surface area contributed by atoms with Crippen LogP contribution in [0.1, 0.15) is 24.9 Å². The molecule has 0 fully saturated rings. The van der Waals surface area contributed by atoms with Crippen molar-refractivity contribution in [2.45, 2.75) is 19.4 Å². The Morgan fingerprint density at radius 2 is 2.21 bits per heavy atom. The van der Waals surface area contributed by atoms with Crippen LogP contribution in [0.3, 0.4) is 0 Å². The van der Waals surface area contributed by atoms with Gasteiger partial charge in [-0.3, -0.25) is 9.59 Å². The molecule has 19 heavy (non-hydrogen) atoms. The fourth-order valence-electron chi connectivity index (χ4n) is 1.86. The van der Waals surface area contributed by atoms with Gasteiger partial charge >= 0.3 is 5.97 Å². The SMILES string of the molecule is CC(=O)N[C@@H](CC(=O)O)c1cc(Cl)c2c(c1)OCO2. The molecule has 0 radical (unpaired) electrons. The highest BCUT2D eigenvalue weighted by Crippen LogP contribution is 2.41. The number of benzene rings is 1. The van der Waals surface area contributed by atoms with Gasteiger partial charge in [-0.25, -0.2) is 0 Å². The standard InChI is InChI=1S/C12H12ClNO5/c1-6(15)14-9(4-11(16)17)7-2-8(13)12-10(3-7)18-5-19-12/h2-3,9H,4-5H2,1H3,(H,14,15)(H,16,17)/t9-/m0/s1. The third-order valence-corrected chi connectivity index (χ3v) is 2.89. The van der Waals surface area contributed by atoms with Crippen molar-refractivity contribution in [3.8, 4) is 11.5 Å². The monoisotopic (exact) mass is 285 g/mol. The number of carboxylic acid groups (broad SMARTS) is 1. The molecule has 1 amide bonds. The van der Waals surface area contributed by atoms with E-state index in [1.807, 2.05) is 0 Å². The van der Waals surface area contributed by atoms with Gasteiger partial charge in [-0.05, 0) is 17.7 Å². The summed E-state index contributed by atoms with van der Waals surface area (Å²) < 4.78 is 10.4. The average Bonchev–Trinajstić information content (AvgIpc) is 2.75. The smallest absolute Gasteiger partial charge is 0.305 e. The van der Waals surface area contributed by atoms with Gasteiger partial charge in [-0.2, -0.15) is 0 Å². The Morgan fingerprint density at radius 1 is 1.47 bits per heavy atom. The van der Waals surface area contributed by atoms with E-state index in [-0.39, 0.29) is 19.1 Å². The van der Waals surface area contributed by atoms with Crippen molar-refractivity contribution in [1.29, 1.82) is 0 Å². The van der Waals surface area contributed by atoms with Gasteiger partial charge in [-0.15, -0.1) is 0 Å². The fourth-order valence-corrected chi connectivity index (χ4v) is 2.13. The van der Waals surface area contributed by atoms with Crippen LogP contribution in [0.15, 0.2) is 12.1 Å². The number of halogens is 1. The molecule has 0 unspecified atom stereocenters. The molecule has 1 aromatic rings. The Labute approximate surface area is 114 Å². The third-order valence-electron chi connectivity index (χ3n) is 2.61. The summed E-state index contributed by atoms with van der Waals surface area (Å²) in [4.78, 5) is 22.0. The van der Waals surface area contributed by atoms with Gasteiger partial charge in [0.05, 0.1) is 17.5 Å². The Hall–Kier alpha value is -1.95. The molecule has 0 aromatic heterocycles. The number of carbonyl (C=O) groups is 2. The number of nitrogens with one attached hydrogen (secondary N) is 1. The maximum absolute atomic E-state index is 11.1. The van der Waals surface area contributed by atoms with Crippen molar-refractivity contribution >= 4 is 23.5 Å². The molecule has 1 aromatic carbocycles. The number of rotatable bonds is 4. The van der Waals surface area contributed by atoms with E-state index in [4.69, 9.17) is 26.2 Å². The number of hydrogen-bond acceptors (Lipinski definition) is 4. The van der Waals surface area contributed by atoms with Crippen molar-refractivity contribution in [3.63, 3.8) is 0 Å². The highest BCUT2D eigenvalue weighted by atomic mass is 35.5. The summed E-state index contributed by atoms with van der Waals surface area (Å²) in [5.74, 6) is -0.460. The summed E-state index contributed by atoms with van der Waals surface area (Å²) in [6.07, 6.45) is -0.241. The minimum absolute atomic E-state index is 0.0717. The van der Waals surface area contributed by atoms with Crippen LogP contribution >= 0.6 is 11.6 Å². The average molecular weight is 286 g/mol. The third kappa shape index (κ3) is 3.08. The molecule has 6 nitrogen and oxygen atoms in total. The first-order chi connectivity index (χ1) is 8.97. The zero-order valence-electron chi connectivity index (χ0n) is 10.1. The Bertz CT molecular complexity index is 515. The van der Waals surface area contributed by atoms with Crippen LogP contribution in [-0.4, -0.2) is 23.8 Å². The fraction of sp³-hybridized carbons (Fsp3) is 0.333. The molecule has 0 saturated carbocycles. The van der Waals surface area contributed by atoms with Gasteiger partial charge in [0.1, 0.15) is 0 Å². The number of hydrogen-bond donors (Lipinski definition) is 2. The lowest BCUT2D eigenvalue weighted by atomic mass is 10.0. The van der Waals surface area contributed by atoms with Crippen LogP contribution in [0.5, 0.6) is 11.5 Å². The van der Waals surface area contributed by atoms with Crippen molar-refractivity contribution in [1.82, 2.24) is 5.32 Å². The lowest BCUT2D eigenvalue weighted by Gasteiger charge is -2.17. The van der Waals surface area contributed by atoms with Crippen molar-refractivity contribution < 1.29 is 24.2 Å². The molecule has 0 saturated heterocycles. The maximum atomic E-state index is 11.1. The molecule has 1 atom stereocenters. The zero-order valence-corrected chi connectivity index (χ0v) is 10.9. The van der Waals surface area contributed by atoms with Crippen LogP contribution in [0.2, 0.25) is 5.02 Å². The van der Waals surface area contributed by atoms with E-state index in [1.165, 1.54) is 6.92 Å². The minimum atomic E-state index is -1.02. The summed E-state index contributed by atoms with van der Waals surface area (Å²) in [7, 11) is 0. The Balaban J connectivity index is 2.33. The van der Waals surface area contributed by atoms with Crippen molar-refractivity contribution in [3.05, 3.63) is 22.7 Å². The van der Waals surface area contributed by atoms with E-state index in [9.17, 15) is 9.59 Å². The predicted molar refractivity (Wildman–Crippen MR) is 66.4 cm³/mol. The topological polar surface area (TPSA) is 84.9 Å². The van der Waals surface area contributed by atoms with Gasteiger partial charge in [0.25, 0.3) is 0 Å². The van der Waals surface area contributed by atoms with Gasteiger partial charge < -0.3 is 19.9 Å². The van der Waals surface area contributed by atoms with Gasteiger partial charge in [0.15, 0.2) is 11.5 Å². The molecule has 1 heterocycles. The number of carbonyl (C=O) groups excluding carboxylic acids is 1. The zero-order chi connectivity index (χ0) is 14.0. The summed E-state index contributed by atoms with van der Waals surface area (Å²) >= 11 is 6.03. The molecule has 7 heteroatoms. The van der Waals surface area contributed by atoms with Crippen LogP contribution in [0.4, 0.5) is 0 Å². The number of aliphatic carboxylic acids is 1. The molecule has 102 valence electrons. The largest absolute Gasteiger partial charge is 0.481 e. The van der Waals surface area contributed by atoms with Gasteiger partial charge in [-0.1, -0.05) is 11.6 Å². The number of amides is 1. The lowest BCUT2D eigenvalue weighted by Crippen LogP contribution is -2.28. The summed E-state index contributed by atoms with van der Waals surface area (Å²) in [6, 6.07) is 2.53. The highest BCUT2D eigenvalue weighted by molar-refractivity contribution is 6.32. The first-order valence-corrected chi connectivity index (χ1v) is 5.93. The molecule has 0 bridgehead atoms.